The van der Waals surface area contributed by atoms with Crippen LogP contribution in [0, 0.1) is 0 Å². The van der Waals surface area contributed by atoms with Crippen molar-refractivity contribution >= 4 is 9.84 Å². The van der Waals surface area contributed by atoms with Crippen LogP contribution in [0.15, 0.2) is 0 Å². The molecule has 0 aliphatic heterocycles. The lowest BCUT2D eigenvalue weighted by Gasteiger charge is -2.41. The summed E-state index contributed by atoms with van der Waals surface area (Å²) in [5, 5.41) is 0. The minimum absolute atomic E-state index is 0.319. The van der Waals surface area contributed by atoms with Gasteiger partial charge in [0.25, 0.3) is 0 Å². The highest BCUT2D eigenvalue weighted by Gasteiger charge is 2.50. The van der Waals surface area contributed by atoms with E-state index in [-0.39, 0.29) is 12.5 Å². The Kier molecular flexibility index (Phi) is 0.694. The lowest BCUT2D eigenvalue weighted by Crippen LogP contribution is -2.05. The Morgan fingerprint density at radius 3 is 0.857 bits per heavy atom. The zero-order valence-electron chi connectivity index (χ0n) is 3.92. The molecule has 0 saturated heterocycles. The molecule has 7 heavy (non-hydrogen) atoms. The van der Waals surface area contributed by atoms with Gasteiger partial charge in [-0.25, -0.2) is 0 Å². The summed E-state index contributed by atoms with van der Waals surface area (Å²) in [5.74, 6) is 0. The van der Waals surface area contributed by atoms with Crippen molar-refractivity contribution in [2.45, 2.75) is 0 Å². The molecule has 0 bridgehead atoms. The third-order valence-corrected chi connectivity index (χ3v) is 0. The van der Waals surface area contributed by atoms with Crippen LogP contribution < -0.4 is 0 Å². The molecule has 0 radical (unpaired) electrons. The molecule has 0 heterocycles. The van der Waals surface area contributed by atoms with Crippen LogP contribution in [0.5, 0.6) is 0 Å². The van der Waals surface area contributed by atoms with Gasteiger partial charge < -0.3 is 0 Å². The summed E-state index contributed by atoms with van der Waals surface area (Å²) in [6.07, 6.45) is -0.639. The van der Waals surface area contributed by atoms with Crippen LogP contribution >= 0.6 is 9.84 Å². The Balaban J connectivity index is 4.43. The molecule has 0 aromatic carbocycles. The topological polar surface area (TPSA) is 0 Å². The van der Waals surface area contributed by atoms with Crippen molar-refractivity contribution in [2.24, 2.45) is 0 Å². The SMILES string of the molecule is CS(C)(F)(F)(F)F. The summed E-state index contributed by atoms with van der Waals surface area (Å²) in [6.45, 7) is 0. The standard InChI is InChI=1S/C2H6F4S/c1-7(2,3,4,5)6/h1-2H3. The van der Waals surface area contributed by atoms with Crippen molar-refractivity contribution in [3.05, 3.63) is 0 Å². The molecule has 0 atom stereocenters. The first-order valence-electron chi connectivity index (χ1n) is 1.43. The van der Waals surface area contributed by atoms with Gasteiger partial charge in [0.15, 0.2) is 9.84 Å². The Morgan fingerprint density at radius 2 is 0.857 bits per heavy atom. The van der Waals surface area contributed by atoms with Gasteiger partial charge in [0.05, 0.1) is 0 Å². The first-order chi connectivity index (χ1) is 2.45. The van der Waals surface area contributed by atoms with E-state index >= 15 is 0 Å². The van der Waals surface area contributed by atoms with E-state index in [1.165, 1.54) is 0 Å². The average molecular weight is 138 g/mol. The molecule has 48 valence electrons. The van der Waals surface area contributed by atoms with Crippen molar-refractivity contribution in [1.29, 1.82) is 0 Å². The second-order valence-electron chi connectivity index (χ2n) is 1.99. The molecule has 0 saturated carbocycles. The predicted molar refractivity (Wildman–Crippen MR) is 23.9 cm³/mol. The van der Waals surface area contributed by atoms with Gasteiger partial charge in [-0.15, -0.1) is 15.5 Å². The number of halogens is 4. The third kappa shape index (κ3) is 20500. The smallest absolute Gasteiger partial charge is 0.125 e. The molecule has 0 spiro atoms. The summed E-state index contributed by atoms with van der Waals surface area (Å²) in [5.41, 5.74) is 0. The minimum Gasteiger partial charge on any atom is -0.125 e. The first kappa shape index (κ1) is 7.07. The molecule has 0 aliphatic carbocycles. The summed E-state index contributed by atoms with van der Waals surface area (Å²) in [4.78, 5) is 0. The van der Waals surface area contributed by atoms with Crippen LogP contribution in [0.25, 0.3) is 0 Å². The molecule has 0 N–H and O–H groups in total. The fourth-order valence-electron chi connectivity index (χ4n) is 0. The number of rotatable bonds is 0. The van der Waals surface area contributed by atoms with Gasteiger partial charge in [0, 0.05) is 12.5 Å². The Bertz CT molecular complexity index is 68.3. The van der Waals surface area contributed by atoms with Crippen LogP contribution in [-0.2, 0) is 0 Å². The summed E-state index contributed by atoms with van der Waals surface area (Å²) in [7, 11) is -7.47. The molecule has 0 aromatic heterocycles. The fourth-order valence-corrected chi connectivity index (χ4v) is 0. The maximum Gasteiger partial charge on any atom is 0.159 e. The fraction of sp³-hybridized carbons (Fsp3) is 1.00. The third-order valence-electron chi connectivity index (χ3n) is 0. The lowest BCUT2D eigenvalue weighted by atomic mass is 11.9. The molecule has 5 heteroatoms. The molecular formula is C2H6F4S. The van der Waals surface area contributed by atoms with Gasteiger partial charge >= 0.3 is 0 Å². The van der Waals surface area contributed by atoms with Gasteiger partial charge in [-0.3, -0.25) is 0 Å². The van der Waals surface area contributed by atoms with E-state index in [4.69, 9.17) is 0 Å². The van der Waals surface area contributed by atoms with E-state index < -0.39 is 9.84 Å². The molecule has 0 amide bonds. The summed E-state index contributed by atoms with van der Waals surface area (Å²) >= 11 is 0. The monoisotopic (exact) mass is 138 g/mol. The average Bonchev–Trinajstić information content (AvgIpc) is 0.592. The van der Waals surface area contributed by atoms with E-state index in [0.717, 1.165) is 0 Å². The van der Waals surface area contributed by atoms with Gasteiger partial charge in [-0.1, -0.05) is 0 Å². The normalized spacial score (nSPS) is 23.1. The van der Waals surface area contributed by atoms with Gasteiger partial charge in [0.2, 0.25) is 0 Å². The largest absolute Gasteiger partial charge is 0.159 e. The van der Waals surface area contributed by atoms with E-state index in [9.17, 15) is 15.5 Å². The van der Waals surface area contributed by atoms with E-state index in [1.54, 1.807) is 0 Å². The van der Waals surface area contributed by atoms with E-state index in [0.29, 0.717) is 0 Å². The second kappa shape index (κ2) is 0.687. The number of hydrogen-bond acceptors (Lipinski definition) is 0. The molecule has 0 nitrogen and oxygen atoms in total. The highest BCUT2D eigenvalue weighted by Crippen LogP contribution is 2.91. The van der Waals surface area contributed by atoms with Gasteiger partial charge in [-0.2, -0.15) is 0 Å². The van der Waals surface area contributed by atoms with Gasteiger partial charge in [0.1, 0.15) is 0 Å². The Hall–Kier alpha value is 0.0700. The van der Waals surface area contributed by atoms with Crippen molar-refractivity contribution in [3.63, 3.8) is 0 Å². The van der Waals surface area contributed by atoms with Crippen molar-refractivity contribution in [2.75, 3.05) is 12.5 Å². The van der Waals surface area contributed by atoms with Crippen molar-refractivity contribution in [1.82, 2.24) is 0 Å². The highest BCUT2D eigenvalue weighted by atomic mass is 32.5. The minimum atomic E-state index is -7.47. The maximum atomic E-state index is 11.2. The van der Waals surface area contributed by atoms with Crippen molar-refractivity contribution < 1.29 is 15.5 Å². The Labute approximate surface area is 38.9 Å². The first-order valence-corrected chi connectivity index (χ1v) is 4.30. The van der Waals surface area contributed by atoms with Gasteiger partial charge in [-0.05, 0) is 0 Å². The van der Waals surface area contributed by atoms with E-state index in [1.807, 2.05) is 0 Å². The van der Waals surface area contributed by atoms with Crippen LogP contribution in [-0.4, -0.2) is 12.5 Å². The van der Waals surface area contributed by atoms with Crippen LogP contribution in [0.4, 0.5) is 15.5 Å². The van der Waals surface area contributed by atoms with Crippen LogP contribution in [0.1, 0.15) is 0 Å². The number of hydrogen-bond donors (Lipinski definition) is 0. The predicted octanol–water partition coefficient (Wildman–Crippen LogP) is 2.66. The zero-order valence-corrected chi connectivity index (χ0v) is 4.74. The van der Waals surface area contributed by atoms with Crippen LogP contribution in [0.2, 0.25) is 0 Å². The summed E-state index contributed by atoms with van der Waals surface area (Å²) < 4.78 is 44.7. The quantitative estimate of drug-likeness (QED) is 0.451. The molecule has 0 rings (SSSR count). The van der Waals surface area contributed by atoms with Crippen LogP contribution in [0.3, 0.4) is 0 Å². The zero-order chi connectivity index (χ0) is 6.41. The molecule has 0 aromatic rings. The maximum absolute atomic E-state index is 11.2. The lowest BCUT2D eigenvalue weighted by molar-refractivity contribution is 0.471. The summed E-state index contributed by atoms with van der Waals surface area (Å²) in [6, 6.07) is 0. The molecular weight excluding hydrogens is 132 g/mol. The second-order valence-corrected chi connectivity index (χ2v) is 5.98. The Morgan fingerprint density at radius 1 is 0.857 bits per heavy atom. The molecule has 0 unspecified atom stereocenters. The molecule has 0 aliphatic rings. The van der Waals surface area contributed by atoms with E-state index in [2.05, 4.69) is 0 Å². The van der Waals surface area contributed by atoms with Crippen molar-refractivity contribution in [3.8, 4) is 0 Å². The molecule has 0 fully saturated rings. The highest BCUT2D eigenvalue weighted by molar-refractivity contribution is 8.48.